The maximum atomic E-state index is 14.1. The van der Waals surface area contributed by atoms with Gasteiger partial charge in [-0.2, -0.15) is 4.52 Å². The van der Waals surface area contributed by atoms with Gasteiger partial charge in [-0.3, -0.25) is 4.79 Å². The summed E-state index contributed by atoms with van der Waals surface area (Å²) < 4.78 is 14.5. The number of rotatable bonds is 6. The summed E-state index contributed by atoms with van der Waals surface area (Å²) in [5, 5.41) is 0. The molecule has 4 aromatic rings. The summed E-state index contributed by atoms with van der Waals surface area (Å²) >= 11 is 0. The molecular formula is C28H29N3O3. The summed E-state index contributed by atoms with van der Waals surface area (Å²) in [4.78, 5) is 19.1. The number of aryl methyl sites for hydroxylation is 1. The highest BCUT2D eigenvalue weighted by molar-refractivity contribution is 5.88. The quantitative estimate of drug-likeness (QED) is 0.374. The van der Waals surface area contributed by atoms with E-state index in [0.29, 0.717) is 16.9 Å². The van der Waals surface area contributed by atoms with Crippen LogP contribution in [0.2, 0.25) is 0 Å². The molecule has 0 bridgehead atoms. The Hall–Kier alpha value is -3.64. The van der Waals surface area contributed by atoms with Crippen molar-refractivity contribution >= 4 is 11.2 Å². The third-order valence-electron chi connectivity index (χ3n) is 6.49. The zero-order valence-corrected chi connectivity index (χ0v) is 19.9. The molecule has 0 spiro atoms. The number of benzene rings is 2. The average Bonchev–Trinajstić information content (AvgIpc) is 3.19. The van der Waals surface area contributed by atoms with Crippen molar-refractivity contribution in [2.45, 2.75) is 39.3 Å². The van der Waals surface area contributed by atoms with E-state index in [4.69, 9.17) is 14.5 Å². The van der Waals surface area contributed by atoms with E-state index >= 15 is 0 Å². The van der Waals surface area contributed by atoms with Gasteiger partial charge in [0.25, 0.3) is 5.56 Å². The highest BCUT2D eigenvalue weighted by Crippen LogP contribution is 2.38. The molecule has 0 N–H and O–H groups in total. The predicted molar refractivity (Wildman–Crippen MR) is 135 cm³/mol. The molecule has 6 nitrogen and oxygen atoms in total. The number of aromatic nitrogens is 3. The van der Waals surface area contributed by atoms with Crippen molar-refractivity contribution < 1.29 is 9.47 Å². The van der Waals surface area contributed by atoms with Gasteiger partial charge < -0.3 is 9.47 Å². The largest absolute Gasteiger partial charge is 0.497 e. The molecule has 0 amide bonds. The lowest BCUT2D eigenvalue weighted by molar-refractivity contribution is 0.118. The molecule has 0 unspecified atom stereocenters. The Labute approximate surface area is 199 Å². The monoisotopic (exact) mass is 455 g/mol. The Morgan fingerprint density at radius 3 is 2.35 bits per heavy atom. The van der Waals surface area contributed by atoms with Crippen molar-refractivity contribution in [2.75, 3.05) is 14.2 Å². The number of hydrogen-bond donors (Lipinski definition) is 0. The smallest absolute Gasteiger partial charge is 0.281 e. The van der Waals surface area contributed by atoms with Crippen LogP contribution < -0.4 is 10.3 Å². The van der Waals surface area contributed by atoms with E-state index < -0.39 is 0 Å². The van der Waals surface area contributed by atoms with Crippen LogP contribution in [0.15, 0.2) is 65.5 Å². The van der Waals surface area contributed by atoms with Gasteiger partial charge in [-0.25, -0.2) is 9.67 Å². The highest BCUT2D eigenvalue weighted by Gasteiger charge is 2.26. The van der Waals surface area contributed by atoms with Crippen LogP contribution in [0, 0.1) is 6.92 Å². The fourth-order valence-corrected chi connectivity index (χ4v) is 4.92. The van der Waals surface area contributed by atoms with E-state index in [1.165, 1.54) is 12.0 Å². The van der Waals surface area contributed by atoms with Gasteiger partial charge in [0.2, 0.25) is 0 Å². The van der Waals surface area contributed by atoms with Gasteiger partial charge >= 0.3 is 0 Å². The van der Waals surface area contributed by atoms with Gasteiger partial charge in [-0.1, -0.05) is 48.5 Å². The zero-order chi connectivity index (χ0) is 23.7. The maximum Gasteiger partial charge on any atom is 0.281 e. The van der Waals surface area contributed by atoms with Crippen LogP contribution in [-0.2, 0) is 11.5 Å². The molecule has 0 saturated carbocycles. The van der Waals surface area contributed by atoms with E-state index in [2.05, 4.69) is 18.2 Å². The van der Waals surface area contributed by atoms with Crippen LogP contribution >= 0.6 is 0 Å². The van der Waals surface area contributed by atoms with E-state index in [9.17, 15) is 4.79 Å². The van der Waals surface area contributed by atoms with Crippen molar-refractivity contribution in [3.05, 3.63) is 82.3 Å². The highest BCUT2D eigenvalue weighted by atomic mass is 16.5. The fraction of sp³-hybridized carbons (Fsp3) is 0.286. The summed E-state index contributed by atoms with van der Waals surface area (Å²) in [6, 6.07) is 17.7. The first-order chi connectivity index (χ1) is 16.6. The third kappa shape index (κ3) is 3.74. The lowest BCUT2D eigenvalue weighted by Crippen LogP contribution is -2.25. The number of ether oxygens (including phenoxy) is 2. The van der Waals surface area contributed by atoms with Gasteiger partial charge in [0, 0.05) is 18.2 Å². The Morgan fingerprint density at radius 2 is 1.71 bits per heavy atom. The second kappa shape index (κ2) is 9.31. The van der Waals surface area contributed by atoms with Crippen LogP contribution in [0.25, 0.3) is 33.6 Å². The topological polar surface area (TPSA) is 57.8 Å². The molecule has 0 radical (unpaired) electrons. The van der Waals surface area contributed by atoms with Gasteiger partial charge in [0.1, 0.15) is 12.5 Å². The van der Waals surface area contributed by atoms with Gasteiger partial charge in [-0.15, -0.1) is 0 Å². The summed E-state index contributed by atoms with van der Waals surface area (Å²) in [6.45, 7) is 2.15. The number of hydrogen-bond acceptors (Lipinski definition) is 4. The minimum atomic E-state index is -0.107. The lowest BCUT2D eigenvalue weighted by Gasteiger charge is -2.15. The Bertz CT molecular complexity index is 1410. The van der Waals surface area contributed by atoms with E-state index in [-0.39, 0.29) is 12.3 Å². The van der Waals surface area contributed by atoms with Crippen molar-refractivity contribution in [3.8, 4) is 28.1 Å². The molecule has 174 valence electrons. The SMILES string of the molecule is COCn1c(-c2ccccc2)c(C2=CCCCC2)c2nc(C)c(-c3ccc(OC)cc3)c(=O)n21. The fourth-order valence-electron chi connectivity index (χ4n) is 4.92. The van der Waals surface area contributed by atoms with Crippen molar-refractivity contribution in [1.29, 1.82) is 0 Å². The van der Waals surface area contributed by atoms with Crippen LogP contribution in [-0.4, -0.2) is 28.4 Å². The summed E-state index contributed by atoms with van der Waals surface area (Å²) in [5.74, 6) is 0.746. The van der Waals surface area contributed by atoms with Crippen LogP contribution in [0.3, 0.4) is 0 Å². The second-order valence-electron chi connectivity index (χ2n) is 8.62. The number of fused-ring (bicyclic) bond motifs is 1. The van der Waals surface area contributed by atoms with E-state index in [1.54, 1.807) is 18.7 Å². The molecule has 1 aliphatic carbocycles. The number of allylic oxidation sites excluding steroid dienone is 2. The Balaban J connectivity index is 1.88. The summed E-state index contributed by atoms with van der Waals surface area (Å²) in [7, 11) is 3.28. The molecule has 0 saturated heterocycles. The molecule has 34 heavy (non-hydrogen) atoms. The molecule has 2 heterocycles. The predicted octanol–water partition coefficient (Wildman–Crippen LogP) is 5.71. The standard InChI is InChI=1S/C28H29N3O3/c1-19-24(21-14-16-23(34-3)17-15-21)28(32)31-27(29-19)25(20-10-6-4-7-11-20)26(30(31)18-33-2)22-12-8-5-9-13-22/h5,8-10,12-17H,4,6-7,11,18H2,1-3H3. The van der Waals surface area contributed by atoms with Crippen molar-refractivity contribution in [3.63, 3.8) is 0 Å². The minimum Gasteiger partial charge on any atom is -0.497 e. The number of methoxy groups -OCH3 is 2. The van der Waals surface area contributed by atoms with Gasteiger partial charge in [-0.05, 0) is 55.9 Å². The van der Waals surface area contributed by atoms with E-state index in [1.807, 2.05) is 54.1 Å². The first kappa shape index (κ1) is 22.2. The third-order valence-corrected chi connectivity index (χ3v) is 6.49. The summed E-state index contributed by atoms with van der Waals surface area (Å²) in [5.41, 5.74) is 6.97. The molecule has 0 fully saturated rings. The van der Waals surface area contributed by atoms with Crippen molar-refractivity contribution in [1.82, 2.24) is 14.2 Å². The van der Waals surface area contributed by atoms with Crippen LogP contribution in [0.5, 0.6) is 5.75 Å². The Kier molecular flexibility index (Phi) is 6.07. The average molecular weight is 456 g/mol. The number of nitrogens with zero attached hydrogens (tertiary/aromatic N) is 3. The van der Waals surface area contributed by atoms with Crippen LogP contribution in [0.4, 0.5) is 0 Å². The summed E-state index contributed by atoms with van der Waals surface area (Å²) in [6.07, 6.45) is 6.64. The first-order valence-corrected chi connectivity index (χ1v) is 11.7. The maximum absolute atomic E-state index is 14.1. The molecule has 5 rings (SSSR count). The minimum absolute atomic E-state index is 0.107. The van der Waals surface area contributed by atoms with Crippen LogP contribution in [0.1, 0.15) is 36.9 Å². The second-order valence-corrected chi connectivity index (χ2v) is 8.62. The molecule has 1 aliphatic rings. The normalized spacial score (nSPS) is 13.8. The van der Waals surface area contributed by atoms with Crippen molar-refractivity contribution in [2.24, 2.45) is 0 Å². The van der Waals surface area contributed by atoms with E-state index in [0.717, 1.165) is 47.4 Å². The van der Waals surface area contributed by atoms with Gasteiger partial charge in [0.15, 0.2) is 5.65 Å². The van der Waals surface area contributed by atoms with Gasteiger partial charge in [0.05, 0.1) is 24.1 Å². The molecule has 2 aromatic heterocycles. The molecular weight excluding hydrogens is 426 g/mol. The molecule has 0 aliphatic heterocycles. The molecule has 6 heteroatoms. The zero-order valence-electron chi connectivity index (χ0n) is 19.9. The lowest BCUT2D eigenvalue weighted by atomic mass is 9.92. The Morgan fingerprint density at radius 1 is 0.941 bits per heavy atom. The molecule has 2 aromatic carbocycles. The first-order valence-electron chi connectivity index (χ1n) is 11.7. The molecule has 0 atom stereocenters.